The average Bonchev–Trinajstić information content (AvgIpc) is 2.15. The van der Waals surface area contributed by atoms with E-state index in [-0.39, 0.29) is 24.6 Å². The van der Waals surface area contributed by atoms with Gasteiger partial charge in [0.2, 0.25) is 0 Å². The van der Waals surface area contributed by atoms with Crippen LogP contribution >= 0.6 is 0 Å². The van der Waals surface area contributed by atoms with Crippen LogP contribution < -0.4 is 0 Å². The Kier molecular flexibility index (Phi) is 4.89. The van der Waals surface area contributed by atoms with Crippen molar-refractivity contribution < 1.29 is 14.2 Å². The molecule has 0 spiro atoms. The summed E-state index contributed by atoms with van der Waals surface area (Å²) in [6, 6.07) is 0. The third-order valence-corrected chi connectivity index (χ3v) is 2.33. The van der Waals surface area contributed by atoms with E-state index in [1.54, 1.807) is 0 Å². The van der Waals surface area contributed by atoms with E-state index in [0.717, 1.165) is 12.8 Å². The quantitative estimate of drug-likeness (QED) is 0.529. The Morgan fingerprint density at radius 1 is 1.47 bits per heavy atom. The Bertz CT molecular complexity index is 231. The summed E-state index contributed by atoms with van der Waals surface area (Å²) in [5, 5.41) is 0. The predicted octanol–water partition coefficient (Wildman–Crippen LogP) is 2.62. The molecule has 0 radical (unpaired) electrons. The molecule has 1 aliphatic heterocycles. The minimum Gasteiger partial charge on any atom is -0.487 e. The Morgan fingerprint density at radius 3 is 2.73 bits per heavy atom. The molecule has 1 rings (SSSR count). The minimum atomic E-state index is -0.0902. The number of rotatable bonds is 4. The van der Waals surface area contributed by atoms with Gasteiger partial charge in [-0.2, -0.15) is 0 Å². The lowest BCUT2D eigenvalue weighted by Gasteiger charge is -2.34. The van der Waals surface area contributed by atoms with Crippen LogP contribution in [0.5, 0.6) is 0 Å². The molecule has 0 N–H and O–H groups in total. The summed E-state index contributed by atoms with van der Waals surface area (Å²) in [6.07, 6.45) is 3.56. The molecule has 0 aliphatic carbocycles. The summed E-state index contributed by atoms with van der Waals surface area (Å²) >= 11 is 0. The van der Waals surface area contributed by atoms with Crippen LogP contribution in [0.1, 0.15) is 33.6 Å². The zero-order valence-electron chi connectivity index (χ0n) is 9.73. The molecule has 0 aromatic rings. The van der Waals surface area contributed by atoms with Crippen molar-refractivity contribution in [2.45, 2.75) is 58.2 Å². The summed E-state index contributed by atoms with van der Waals surface area (Å²) in [7, 11) is 0. The normalized spacial score (nSPS) is 31.1. The van der Waals surface area contributed by atoms with Crippen molar-refractivity contribution in [2.75, 3.05) is 0 Å². The van der Waals surface area contributed by atoms with Crippen molar-refractivity contribution in [3.63, 3.8) is 0 Å². The fraction of sp³-hybridized carbons (Fsp3) is 0.750. The Labute approximate surface area is 91.7 Å². The first kappa shape index (κ1) is 12.3. The summed E-state index contributed by atoms with van der Waals surface area (Å²) in [5.41, 5.74) is 2.59. The highest BCUT2D eigenvalue weighted by atomic mass is 16.7. The molecule has 1 fully saturated rings. The molecule has 0 unspecified atom stereocenters. The van der Waals surface area contributed by atoms with Gasteiger partial charge in [-0.1, -0.05) is 12.3 Å². The number of ether oxygens (including phenoxy) is 3. The second kappa shape index (κ2) is 5.96. The van der Waals surface area contributed by atoms with Gasteiger partial charge in [0.25, 0.3) is 0 Å². The SMILES string of the molecule is C=C=CO[C@@H]1CC[C@H](OC(C)C)O[C@H]1C. The largest absolute Gasteiger partial charge is 0.487 e. The van der Waals surface area contributed by atoms with Gasteiger partial charge in [0.05, 0.1) is 12.2 Å². The maximum atomic E-state index is 5.69. The topological polar surface area (TPSA) is 27.7 Å². The third-order valence-electron chi connectivity index (χ3n) is 2.33. The van der Waals surface area contributed by atoms with Crippen molar-refractivity contribution in [3.8, 4) is 0 Å². The molecular formula is C12H20O3. The van der Waals surface area contributed by atoms with Crippen LogP contribution in [0, 0.1) is 0 Å². The molecule has 3 heteroatoms. The molecule has 0 aromatic heterocycles. The highest BCUT2D eigenvalue weighted by Crippen LogP contribution is 2.23. The van der Waals surface area contributed by atoms with E-state index >= 15 is 0 Å². The monoisotopic (exact) mass is 212 g/mol. The first-order valence-corrected chi connectivity index (χ1v) is 5.44. The van der Waals surface area contributed by atoms with Crippen LogP contribution in [0.25, 0.3) is 0 Å². The van der Waals surface area contributed by atoms with E-state index in [1.807, 2.05) is 20.8 Å². The van der Waals surface area contributed by atoms with Gasteiger partial charge in [0.1, 0.15) is 12.4 Å². The summed E-state index contributed by atoms with van der Waals surface area (Å²) in [5.74, 6) is 0. The van der Waals surface area contributed by atoms with Crippen molar-refractivity contribution in [1.82, 2.24) is 0 Å². The second-order valence-corrected chi connectivity index (χ2v) is 4.03. The molecule has 1 saturated heterocycles. The first-order chi connectivity index (χ1) is 7.13. The van der Waals surface area contributed by atoms with E-state index in [1.165, 1.54) is 6.26 Å². The molecule has 1 aliphatic rings. The zero-order valence-corrected chi connectivity index (χ0v) is 9.73. The van der Waals surface area contributed by atoms with Crippen LogP contribution in [0.2, 0.25) is 0 Å². The van der Waals surface area contributed by atoms with Gasteiger partial charge in [-0.15, -0.1) is 0 Å². The zero-order chi connectivity index (χ0) is 11.3. The van der Waals surface area contributed by atoms with E-state index in [4.69, 9.17) is 14.2 Å². The third kappa shape index (κ3) is 4.08. The molecule has 86 valence electrons. The average molecular weight is 212 g/mol. The Morgan fingerprint density at radius 2 is 2.20 bits per heavy atom. The van der Waals surface area contributed by atoms with E-state index < -0.39 is 0 Å². The van der Waals surface area contributed by atoms with Crippen LogP contribution in [-0.4, -0.2) is 24.6 Å². The summed E-state index contributed by atoms with van der Waals surface area (Å²) < 4.78 is 16.7. The minimum absolute atomic E-state index is 0.0482. The second-order valence-electron chi connectivity index (χ2n) is 4.03. The molecule has 0 saturated carbocycles. The van der Waals surface area contributed by atoms with Gasteiger partial charge in [0.15, 0.2) is 6.29 Å². The highest BCUT2D eigenvalue weighted by molar-refractivity contribution is 4.77. The van der Waals surface area contributed by atoms with Crippen molar-refractivity contribution in [3.05, 3.63) is 18.6 Å². The maximum Gasteiger partial charge on any atom is 0.158 e. The lowest BCUT2D eigenvalue weighted by Crippen LogP contribution is -2.39. The van der Waals surface area contributed by atoms with Crippen molar-refractivity contribution in [2.24, 2.45) is 0 Å². The van der Waals surface area contributed by atoms with Gasteiger partial charge >= 0.3 is 0 Å². The number of hydrogen-bond acceptors (Lipinski definition) is 3. The van der Waals surface area contributed by atoms with Crippen molar-refractivity contribution in [1.29, 1.82) is 0 Å². The number of hydrogen-bond donors (Lipinski definition) is 0. The molecule has 3 atom stereocenters. The summed E-state index contributed by atoms with van der Waals surface area (Å²) in [6.45, 7) is 9.47. The molecule has 0 amide bonds. The van der Waals surface area contributed by atoms with Gasteiger partial charge in [-0.3, -0.25) is 0 Å². The molecule has 15 heavy (non-hydrogen) atoms. The maximum absolute atomic E-state index is 5.69. The van der Waals surface area contributed by atoms with Crippen LogP contribution in [0.3, 0.4) is 0 Å². The highest BCUT2D eigenvalue weighted by Gasteiger charge is 2.29. The van der Waals surface area contributed by atoms with E-state index in [0.29, 0.717) is 0 Å². The molecule has 0 bridgehead atoms. The van der Waals surface area contributed by atoms with Gasteiger partial charge in [-0.25, -0.2) is 0 Å². The lowest BCUT2D eigenvalue weighted by atomic mass is 10.1. The lowest BCUT2D eigenvalue weighted by molar-refractivity contribution is -0.230. The van der Waals surface area contributed by atoms with Gasteiger partial charge in [0, 0.05) is 6.42 Å². The fourth-order valence-electron chi connectivity index (χ4n) is 1.65. The van der Waals surface area contributed by atoms with Gasteiger partial charge in [-0.05, 0) is 27.2 Å². The smallest absolute Gasteiger partial charge is 0.158 e. The molecule has 0 aromatic carbocycles. The molecule has 1 heterocycles. The predicted molar refractivity (Wildman–Crippen MR) is 58.4 cm³/mol. The van der Waals surface area contributed by atoms with Crippen LogP contribution in [0.15, 0.2) is 18.6 Å². The fourth-order valence-corrected chi connectivity index (χ4v) is 1.65. The van der Waals surface area contributed by atoms with Crippen LogP contribution in [0.4, 0.5) is 0 Å². The molecular weight excluding hydrogens is 192 g/mol. The Hall–Kier alpha value is -0.760. The first-order valence-electron chi connectivity index (χ1n) is 5.44. The summed E-state index contributed by atoms with van der Waals surface area (Å²) in [4.78, 5) is 0. The van der Waals surface area contributed by atoms with Crippen LogP contribution in [-0.2, 0) is 14.2 Å². The van der Waals surface area contributed by atoms with Gasteiger partial charge < -0.3 is 14.2 Å². The van der Waals surface area contributed by atoms with E-state index in [9.17, 15) is 0 Å². The van der Waals surface area contributed by atoms with E-state index in [2.05, 4.69) is 12.3 Å². The Balaban J connectivity index is 2.37. The van der Waals surface area contributed by atoms with Crippen molar-refractivity contribution >= 4 is 0 Å². The molecule has 3 nitrogen and oxygen atoms in total. The standard InChI is InChI=1S/C12H20O3/c1-5-8-13-11-6-7-12(14-9(2)3)15-10(11)4/h8-12H,1,6-7H2,2-4H3/t10-,11+,12+/m0/s1.